The van der Waals surface area contributed by atoms with Crippen LogP contribution < -0.4 is 0 Å². The number of hydrogen-bond acceptors (Lipinski definition) is 5. The van der Waals surface area contributed by atoms with E-state index >= 15 is 0 Å². The van der Waals surface area contributed by atoms with E-state index in [4.69, 9.17) is 9.97 Å². The van der Waals surface area contributed by atoms with Crippen molar-refractivity contribution in [2.24, 2.45) is 0 Å². The summed E-state index contributed by atoms with van der Waals surface area (Å²) in [7, 11) is 4.45. The molecule has 6 heteroatoms. The minimum absolute atomic E-state index is 0.380. The molecule has 0 spiro atoms. The number of fused-ring (bicyclic) bond motifs is 1. The van der Waals surface area contributed by atoms with Crippen molar-refractivity contribution >= 4 is 6.08 Å². The highest BCUT2D eigenvalue weighted by Gasteiger charge is 2.25. The van der Waals surface area contributed by atoms with Gasteiger partial charge in [-0.05, 0) is 70.5 Å². The Hall–Kier alpha value is -2.02. The molecule has 0 saturated carbocycles. The van der Waals surface area contributed by atoms with Crippen LogP contribution in [0.15, 0.2) is 30.6 Å². The molecular weight excluding hydrogens is 408 g/mol. The number of aryl methyl sites for hydroxylation is 1. The first-order valence-corrected chi connectivity index (χ1v) is 12.9. The fraction of sp³-hybridized carbons (Fsp3) is 0.630. The van der Waals surface area contributed by atoms with Gasteiger partial charge in [0.1, 0.15) is 5.82 Å². The minimum Gasteiger partial charge on any atom is -0.318 e. The summed E-state index contributed by atoms with van der Waals surface area (Å²) in [5.41, 5.74) is 3.82. The first-order chi connectivity index (χ1) is 16.1. The number of likely N-dealkylation sites (N-methyl/N-ethyl adjacent to an activating group) is 1. The Bertz CT molecular complexity index is 873. The zero-order valence-corrected chi connectivity index (χ0v) is 21.5. The highest BCUT2D eigenvalue weighted by molar-refractivity contribution is 5.41. The molecule has 0 amide bonds. The van der Waals surface area contributed by atoms with E-state index < -0.39 is 0 Å². The van der Waals surface area contributed by atoms with E-state index in [0.29, 0.717) is 6.04 Å². The van der Waals surface area contributed by atoms with Crippen LogP contribution in [0.25, 0.3) is 6.08 Å². The van der Waals surface area contributed by atoms with Crippen LogP contribution in [0, 0.1) is 0 Å². The molecule has 33 heavy (non-hydrogen) atoms. The largest absolute Gasteiger partial charge is 0.318 e. The Morgan fingerprint density at radius 3 is 2.82 bits per heavy atom. The topological polar surface area (TPSA) is 40.4 Å². The number of aromatic nitrogens is 3. The van der Waals surface area contributed by atoms with Crippen molar-refractivity contribution in [3.8, 4) is 0 Å². The molecule has 6 nitrogen and oxygen atoms in total. The fourth-order valence-corrected chi connectivity index (χ4v) is 4.87. The molecule has 1 fully saturated rings. The SMILES string of the molecule is CC.CC/C=C\c1nc(CN(C)[C@H]2CCCc3cccnc32)cn1CN1CCCN(C)CC1. The molecule has 3 heterocycles. The molecule has 2 aliphatic rings. The summed E-state index contributed by atoms with van der Waals surface area (Å²) in [6.45, 7) is 12.5. The van der Waals surface area contributed by atoms with Crippen LogP contribution in [0.2, 0.25) is 0 Å². The first-order valence-electron chi connectivity index (χ1n) is 12.9. The van der Waals surface area contributed by atoms with E-state index in [9.17, 15) is 0 Å². The van der Waals surface area contributed by atoms with E-state index in [0.717, 1.165) is 57.2 Å². The predicted octanol–water partition coefficient (Wildman–Crippen LogP) is 4.83. The maximum absolute atomic E-state index is 5.02. The number of hydrogen-bond donors (Lipinski definition) is 0. The number of imidazole rings is 1. The second-order valence-corrected chi connectivity index (χ2v) is 9.16. The van der Waals surface area contributed by atoms with E-state index in [-0.39, 0.29) is 0 Å². The minimum atomic E-state index is 0.380. The van der Waals surface area contributed by atoms with Gasteiger partial charge in [0.15, 0.2) is 0 Å². The number of pyridine rings is 1. The van der Waals surface area contributed by atoms with Crippen LogP contribution in [0.5, 0.6) is 0 Å². The zero-order chi connectivity index (χ0) is 23.6. The van der Waals surface area contributed by atoms with Crippen LogP contribution in [-0.4, -0.2) is 69.5 Å². The van der Waals surface area contributed by atoms with E-state index in [2.05, 4.69) is 70.8 Å². The van der Waals surface area contributed by atoms with Crippen molar-refractivity contribution in [3.63, 3.8) is 0 Å². The second kappa shape index (κ2) is 13.0. The van der Waals surface area contributed by atoms with Crippen molar-refractivity contribution in [1.82, 2.24) is 29.2 Å². The molecule has 0 bridgehead atoms. The summed E-state index contributed by atoms with van der Waals surface area (Å²) < 4.78 is 2.34. The molecule has 2 aromatic rings. The highest BCUT2D eigenvalue weighted by atomic mass is 15.3. The van der Waals surface area contributed by atoms with Gasteiger partial charge < -0.3 is 9.47 Å². The van der Waals surface area contributed by atoms with Crippen LogP contribution in [0.3, 0.4) is 0 Å². The van der Waals surface area contributed by atoms with Crippen LogP contribution in [-0.2, 0) is 19.6 Å². The molecule has 0 N–H and O–H groups in total. The van der Waals surface area contributed by atoms with Crippen molar-refractivity contribution in [2.45, 2.75) is 72.1 Å². The van der Waals surface area contributed by atoms with Gasteiger partial charge in [0.25, 0.3) is 0 Å². The lowest BCUT2D eigenvalue weighted by atomic mass is 9.91. The molecule has 4 rings (SSSR count). The third kappa shape index (κ3) is 6.98. The monoisotopic (exact) mass is 452 g/mol. The summed E-state index contributed by atoms with van der Waals surface area (Å²) in [6, 6.07) is 4.69. The molecule has 0 unspecified atom stereocenters. The van der Waals surface area contributed by atoms with Crippen LogP contribution in [0.1, 0.15) is 75.3 Å². The molecule has 1 aliphatic heterocycles. The first kappa shape index (κ1) is 25.6. The third-order valence-electron chi connectivity index (χ3n) is 6.63. The molecule has 1 saturated heterocycles. The molecule has 182 valence electrons. The third-order valence-corrected chi connectivity index (χ3v) is 6.63. The lowest BCUT2D eigenvalue weighted by Crippen LogP contribution is -2.31. The Labute approximate surface area is 201 Å². The average molecular weight is 453 g/mol. The summed E-state index contributed by atoms with van der Waals surface area (Å²) in [4.78, 5) is 17.2. The quantitative estimate of drug-likeness (QED) is 0.602. The van der Waals surface area contributed by atoms with Gasteiger partial charge in [-0.2, -0.15) is 0 Å². The van der Waals surface area contributed by atoms with Gasteiger partial charge in [-0.25, -0.2) is 4.98 Å². The smallest absolute Gasteiger partial charge is 0.133 e. The molecule has 1 atom stereocenters. The lowest BCUT2D eigenvalue weighted by Gasteiger charge is -2.31. The van der Waals surface area contributed by atoms with Gasteiger partial charge >= 0.3 is 0 Å². The molecule has 1 aliphatic carbocycles. The van der Waals surface area contributed by atoms with E-state index in [1.807, 2.05) is 20.0 Å². The Kier molecular flexibility index (Phi) is 10.1. The molecule has 0 radical (unpaired) electrons. The molecule has 2 aromatic heterocycles. The summed E-state index contributed by atoms with van der Waals surface area (Å²) in [5.74, 6) is 1.07. The van der Waals surface area contributed by atoms with Crippen molar-refractivity contribution in [3.05, 3.63) is 53.4 Å². The fourth-order valence-electron chi connectivity index (χ4n) is 4.87. The Balaban J connectivity index is 0.00000149. The van der Waals surface area contributed by atoms with Crippen molar-refractivity contribution in [1.29, 1.82) is 0 Å². The summed E-state index contributed by atoms with van der Waals surface area (Å²) >= 11 is 0. The predicted molar refractivity (Wildman–Crippen MR) is 138 cm³/mol. The second-order valence-electron chi connectivity index (χ2n) is 9.16. The summed E-state index contributed by atoms with van der Waals surface area (Å²) in [6.07, 6.45) is 14.4. The summed E-state index contributed by atoms with van der Waals surface area (Å²) in [5, 5.41) is 0. The maximum Gasteiger partial charge on any atom is 0.133 e. The van der Waals surface area contributed by atoms with Gasteiger partial charge in [0, 0.05) is 38.6 Å². The van der Waals surface area contributed by atoms with Gasteiger partial charge in [0.05, 0.1) is 24.1 Å². The van der Waals surface area contributed by atoms with Crippen molar-refractivity contribution < 1.29 is 0 Å². The van der Waals surface area contributed by atoms with E-state index in [1.54, 1.807) is 0 Å². The standard InChI is InChI=1S/C25H38N6.C2H6/c1-4-5-12-24-27-22(19-31(24)20-30-15-8-14-28(2)16-17-30)18-29(3)23-11-6-9-21-10-7-13-26-25(21)23;1-2/h5,7,10,12-13,19,23H,4,6,8-9,11,14-18,20H2,1-3H3;1-2H3/b12-5-;/t23-;/m0./s1. The normalized spacial score (nSPS) is 19.9. The van der Waals surface area contributed by atoms with Gasteiger partial charge in [-0.3, -0.25) is 14.8 Å². The number of nitrogens with zero attached hydrogens (tertiary/aromatic N) is 6. The van der Waals surface area contributed by atoms with Crippen LogP contribution >= 0.6 is 0 Å². The maximum atomic E-state index is 5.02. The highest BCUT2D eigenvalue weighted by Crippen LogP contribution is 2.32. The molecule has 0 aromatic carbocycles. The van der Waals surface area contributed by atoms with Gasteiger partial charge in [-0.15, -0.1) is 0 Å². The van der Waals surface area contributed by atoms with Crippen molar-refractivity contribution in [2.75, 3.05) is 40.3 Å². The molecular formula is C27H44N6. The zero-order valence-electron chi connectivity index (χ0n) is 21.5. The number of rotatable bonds is 7. The lowest BCUT2D eigenvalue weighted by molar-refractivity contribution is 0.205. The number of allylic oxidation sites excluding steroid dienone is 1. The van der Waals surface area contributed by atoms with Gasteiger partial charge in [-0.1, -0.05) is 32.9 Å². The van der Waals surface area contributed by atoms with E-state index in [1.165, 1.54) is 37.1 Å². The van der Waals surface area contributed by atoms with Crippen LogP contribution in [0.4, 0.5) is 0 Å². The average Bonchev–Trinajstić information content (AvgIpc) is 3.09. The Morgan fingerprint density at radius 2 is 2.00 bits per heavy atom. The Morgan fingerprint density at radius 1 is 1.15 bits per heavy atom. The van der Waals surface area contributed by atoms with Gasteiger partial charge in [0.2, 0.25) is 0 Å².